The third kappa shape index (κ3) is 28.3. The van der Waals surface area contributed by atoms with Gasteiger partial charge in [0.05, 0.1) is 0 Å². The highest BCUT2D eigenvalue weighted by atomic mass is 16.1. The fraction of sp³-hybridized carbons (Fsp3) is 0.667. The molecule has 0 atom stereocenters. The highest BCUT2D eigenvalue weighted by molar-refractivity contribution is 5.75. The largest absolute Gasteiger partial charge is 0.370 e. The van der Waals surface area contributed by atoms with Crippen molar-refractivity contribution in [2.24, 2.45) is 17.4 Å². The molecule has 0 saturated carbocycles. The molecule has 0 aliphatic carbocycles. The summed E-state index contributed by atoms with van der Waals surface area (Å²) in [6, 6.07) is 0. The van der Waals surface area contributed by atoms with E-state index in [0.29, 0.717) is 0 Å². The van der Waals surface area contributed by atoms with Crippen LogP contribution in [0, 0.1) is 5.92 Å². The van der Waals surface area contributed by atoms with Crippen molar-refractivity contribution < 1.29 is 9.59 Å². The second kappa shape index (κ2) is 6.07. The third-order valence-electron chi connectivity index (χ3n) is 0.569. The van der Waals surface area contributed by atoms with E-state index in [2.05, 4.69) is 5.73 Å². The van der Waals surface area contributed by atoms with Crippen LogP contribution in [0.25, 0.3) is 0 Å². The lowest BCUT2D eigenvalue weighted by molar-refractivity contribution is -0.120. The zero-order chi connectivity index (χ0) is 8.73. The zero-order valence-corrected chi connectivity index (χ0v) is 6.55. The van der Waals surface area contributed by atoms with Crippen LogP contribution in [0.5, 0.6) is 0 Å². The number of hydrogen-bond donors (Lipinski definition) is 2. The molecule has 0 heterocycles. The summed E-state index contributed by atoms with van der Waals surface area (Å²) < 4.78 is 0. The maximum Gasteiger partial charge on any atom is 0.219 e. The molecule has 0 unspecified atom stereocenters. The van der Waals surface area contributed by atoms with Crippen molar-refractivity contribution in [2.45, 2.75) is 20.8 Å². The lowest BCUT2D eigenvalue weighted by atomic mass is 10.2. The van der Waals surface area contributed by atoms with Gasteiger partial charge in [-0.2, -0.15) is 0 Å². The molecule has 0 radical (unpaired) electrons. The number of hydrogen-bond acceptors (Lipinski definition) is 2. The van der Waals surface area contributed by atoms with Gasteiger partial charge in [-0.05, 0) is 0 Å². The van der Waals surface area contributed by atoms with Gasteiger partial charge in [-0.3, -0.25) is 9.59 Å². The van der Waals surface area contributed by atoms with Crippen LogP contribution in [0.3, 0.4) is 0 Å². The van der Waals surface area contributed by atoms with Gasteiger partial charge in [0.1, 0.15) is 0 Å². The Morgan fingerprint density at radius 3 is 1.30 bits per heavy atom. The SMILES string of the molecule is CC(C)C(N)=O.CC(N)=O. The summed E-state index contributed by atoms with van der Waals surface area (Å²) in [5.41, 5.74) is 9.27. The maximum absolute atomic E-state index is 9.92. The van der Waals surface area contributed by atoms with Gasteiger partial charge in [-0.15, -0.1) is 0 Å². The molecule has 0 aromatic carbocycles. The Labute approximate surface area is 60.6 Å². The fourth-order valence-corrected chi connectivity index (χ4v) is 0. The Morgan fingerprint density at radius 2 is 1.30 bits per heavy atom. The molecule has 0 aromatic rings. The Hall–Kier alpha value is -1.06. The van der Waals surface area contributed by atoms with Gasteiger partial charge in [-0.25, -0.2) is 0 Å². The maximum atomic E-state index is 9.92. The summed E-state index contributed by atoms with van der Waals surface area (Å²) >= 11 is 0. The Kier molecular flexibility index (Phi) is 7.10. The standard InChI is InChI=1S/C4H9NO.C2H5NO/c1-3(2)4(5)6;1-2(3)4/h3H,1-2H3,(H2,5,6);1H3,(H2,3,4). The molecule has 0 rings (SSSR count). The van der Waals surface area contributed by atoms with Crippen LogP contribution in [0.2, 0.25) is 0 Å². The number of amides is 2. The van der Waals surface area contributed by atoms with E-state index >= 15 is 0 Å². The molecule has 60 valence electrons. The Bertz CT molecular complexity index is 117. The van der Waals surface area contributed by atoms with Crippen LogP contribution in [-0.2, 0) is 9.59 Å². The molecule has 0 aromatic heterocycles. The molecule has 4 nitrogen and oxygen atoms in total. The average molecular weight is 146 g/mol. The van der Waals surface area contributed by atoms with Gasteiger partial charge in [0.2, 0.25) is 11.8 Å². The highest BCUT2D eigenvalue weighted by Gasteiger charge is 1.96. The summed E-state index contributed by atoms with van der Waals surface area (Å²) in [6.07, 6.45) is 0. The first-order valence-electron chi connectivity index (χ1n) is 2.93. The normalized spacial score (nSPS) is 8.00. The minimum Gasteiger partial charge on any atom is -0.370 e. The summed E-state index contributed by atoms with van der Waals surface area (Å²) in [5.74, 6) is -0.583. The van der Waals surface area contributed by atoms with Gasteiger partial charge in [0.15, 0.2) is 0 Å². The number of primary amides is 2. The van der Waals surface area contributed by atoms with E-state index in [-0.39, 0.29) is 17.7 Å². The fourth-order valence-electron chi connectivity index (χ4n) is 0. The van der Waals surface area contributed by atoms with Gasteiger partial charge in [0, 0.05) is 12.8 Å². The third-order valence-corrected chi connectivity index (χ3v) is 0.569. The molecular formula is C6H14N2O2. The van der Waals surface area contributed by atoms with Gasteiger partial charge < -0.3 is 11.5 Å². The van der Waals surface area contributed by atoms with Crippen molar-refractivity contribution in [1.82, 2.24) is 0 Å². The van der Waals surface area contributed by atoms with Gasteiger partial charge in [-0.1, -0.05) is 13.8 Å². The lowest BCUT2D eigenvalue weighted by Gasteiger charge is -1.90. The van der Waals surface area contributed by atoms with Gasteiger partial charge in [0.25, 0.3) is 0 Å². The molecule has 4 N–H and O–H groups in total. The van der Waals surface area contributed by atoms with E-state index in [1.54, 1.807) is 13.8 Å². The first-order valence-corrected chi connectivity index (χ1v) is 2.93. The van der Waals surface area contributed by atoms with Crippen molar-refractivity contribution in [2.75, 3.05) is 0 Å². The smallest absolute Gasteiger partial charge is 0.219 e. The predicted molar refractivity (Wildman–Crippen MR) is 38.9 cm³/mol. The molecule has 2 amide bonds. The van der Waals surface area contributed by atoms with E-state index in [9.17, 15) is 9.59 Å². The van der Waals surface area contributed by atoms with Crippen LogP contribution in [0.1, 0.15) is 20.8 Å². The second-order valence-corrected chi connectivity index (χ2v) is 2.17. The number of nitrogens with two attached hydrogens (primary N) is 2. The first kappa shape index (κ1) is 11.7. The van der Waals surface area contributed by atoms with Crippen LogP contribution >= 0.6 is 0 Å². The summed E-state index contributed by atoms with van der Waals surface area (Å²) in [6.45, 7) is 4.84. The van der Waals surface area contributed by atoms with Gasteiger partial charge >= 0.3 is 0 Å². The van der Waals surface area contributed by atoms with Crippen molar-refractivity contribution >= 4 is 11.8 Å². The number of rotatable bonds is 1. The molecule has 0 fully saturated rings. The van der Waals surface area contributed by atoms with E-state index < -0.39 is 0 Å². The molecule has 0 spiro atoms. The Morgan fingerprint density at radius 1 is 1.20 bits per heavy atom. The number of carbonyl (C=O) groups excluding carboxylic acids is 2. The second-order valence-electron chi connectivity index (χ2n) is 2.17. The van der Waals surface area contributed by atoms with Crippen LogP contribution in [-0.4, -0.2) is 11.8 Å². The quantitative estimate of drug-likeness (QED) is 0.528. The van der Waals surface area contributed by atoms with Crippen molar-refractivity contribution in [3.05, 3.63) is 0 Å². The molecule has 10 heavy (non-hydrogen) atoms. The first-order chi connectivity index (χ1) is 4.37. The zero-order valence-electron chi connectivity index (χ0n) is 6.55. The topological polar surface area (TPSA) is 86.2 Å². The van der Waals surface area contributed by atoms with E-state index in [0.717, 1.165) is 0 Å². The van der Waals surface area contributed by atoms with E-state index in [1.165, 1.54) is 6.92 Å². The highest BCUT2D eigenvalue weighted by Crippen LogP contribution is 1.84. The van der Waals surface area contributed by atoms with E-state index in [4.69, 9.17) is 5.73 Å². The minimum absolute atomic E-state index is 0.00926. The molecule has 0 aliphatic rings. The number of carbonyl (C=O) groups is 2. The predicted octanol–water partition coefficient (Wildman–Crippen LogP) is -0.381. The molecule has 0 saturated heterocycles. The van der Waals surface area contributed by atoms with Crippen LogP contribution < -0.4 is 11.5 Å². The van der Waals surface area contributed by atoms with Crippen molar-refractivity contribution in [1.29, 1.82) is 0 Å². The molecule has 0 aliphatic heterocycles. The minimum atomic E-state index is -0.333. The molecule has 0 bridgehead atoms. The monoisotopic (exact) mass is 146 g/mol. The van der Waals surface area contributed by atoms with Crippen molar-refractivity contribution in [3.63, 3.8) is 0 Å². The molecule has 4 heteroatoms. The van der Waals surface area contributed by atoms with Crippen LogP contribution in [0.15, 0.2) is 0 Å². The summed E-state index contributed by atoms with van der Waals surface area (Å²) in [7, 11) is 0. The average Bonchev–Trinajstić information content (AvgIpc) is 1.63. The Balaban J connectivity index is 0. The lowest BCUT2D eigenvalue weighted by Crippen LogP contribution is -2.17. The summed E-state index contributed by atoms with van der Waals surface area (Å²) in [5, 5.41) is 0. The summed E-state index contributed by atoms with van der Waals surface area (Å²) in [4.78, 5) is 19.1. The van der Waals surface area contributed by atoms with Crippen molar-refractivity contribution in [3.8, 4) is 0 Å². The molecular weight excluding hydrogens is 132 g/mol. The van der Waals surface area contributed by atoms with E-state index in [1.807, 2.05) is 0 Å². The van der Waals surface area contributed by atoms with Crippen LogP contribution in [0.4, 0.5) is 0 Å².